The van der Waals surface area contributed by atoms with Crippen molar-refractivity contribution in [2.75, 3.05) is 30.2 Å². The van der Waals surface area contributed by atoms with E-state index in [1.165, 1.54) is 10.6 Å². The van der Waals surface area contributed by atoms with Gasteiger partial charge in [0.1, 0.15) is 0 Å². The number of piperidine rings is 1. The molecule has 1 aromatic carbocycles. The number of benzene rings is 1. The van der Waals surface area contributed by atoms with E-state index < -0.39 is 10.0 Å². The second-order valence-corrected chi connectivity index (χ2v) is 7.85. The highest BCUT2D eigenvalue weighted by Crippen LogP contribution is 2.30. The van der Waals surface area contributed by atoms with Crippen LogP contribution in [0, 0.1) is 0 Å². The van der Waals surface area contributed by atoms with Crippen molar-refractivity contribution in [1.82, 2.24) is 10.6 Å². The van der Waals surface area contributed by atoms with Crippen LogP contribution in [0.2, 0.25) is 0 Å². The van der Waals surface area contributed by atoms with Gasteiger partial charge in [-0.1, -0.05) is 0 Å². The lowest BCUT2D eigenvalue weighted by atomic mass is 10.1. The minimum absolute atomic E-state index is 0. The van der Waals surface area contributed by atoms with Crippen LogP contribution in [0.3, 0.4) is 0 Å². The molecule has 1 aromatic rings. The van der Waals surface area contributed by atoms with Gasteiger partial charge in [-0.3, -0.25) is 9.10 Å². The van der Waals surface area contributed by atoms with Gasteiger partial charge >= 0.3 is 0 Å². The smallest absolute Gasteiger partial charge is 0.251 e. The first-order valence-electron chi connectivity index (χ1n) is 7.57. The molecule has 2 heterocycles. The Balaban J connectivity index is 0.00000192. The van der Waals surface area contributed by atoms with E-state index in [-0.39, 0.29) is 24.4 Å². The highest BCUT2D eigenvalue weighted by Gasteiger charge is 2.27. The predicted molar refractivity (Wildman–Crippen MR) is 92.9 cm³/mol. The maximum absolute atomic E-state index is 12.3. The zero-order valence-corrected chi connectivity index (χ0v) is 14.7. The van der Waals surface area contributed by atoms with Gasteiger partial charge in [0.25, 0.3) is 5.91 Å². The van der Waals surface area contributed by atoms with E-state index in [0.717, 1.165) is 31.5 Å². The lowest BCUT2D eigenvalue weighted by Crippen LogP contribution is -2.45. The van der Waals surface area contributed by atoms with Gasteiger partial charge in [-0.2, -0.15) is 0 Å². The van der Waals surface area contributed by atoms with E-state index >= 15 is 0 Å². The number of sulfonamides is 1. The molecule has 2 N–H and O–H groups in total. The maximum atomic E-state index is 12.3. The Morgan fingerprint density at radius 3 is 2.83 bits per heavy atom. The molecular weight excluding hydrogens is 338 g/mol. The number of amides is 1. The predicted octanol–water partition coefficient (Wildman–Crippen LogP) is 0.912. The van der Waals surface area contributed by atoms with Crippen molar-refractivity contribution in [3.05, 3.63) is 29.3 Å². The van der Waals surface area contributed by atoms with E-state index in [9.17, 15) is 13.2 Å². The van der Waals surface area contributed by atoms with Gasteiger partial charge in [-0.05, 0) is 49.6 Å². The number of hydrogen-bond donors (Lipinski definition) is 2. The summed E-state index contributed by atoms with van der Waals surface area (Å²) in [6.45, 7) is 2.26. The Labute approximate surface area is 143 Å². The van der Waals surface area contributed by atoms with Crippen LogP contribution in [0.25, 0.3) is 0 Å². The first kappa shape index (κ1) is 18.0. The second-order valence-electron chi connectivity index (χ2n) is 5.95. The second kappa shape index (κ2) is 7.07. The quantitative estimate of drug-likeness (QED) is 0.841. The third-order valence-corrected chi connectivity index (χ3v) is 5.41. The summed E-state index contributed by atoms with van der Waals surface area (Å²) in [4.78, 5) is 12.3. The lowest BCUT2D eigenvalue weighted by molar-refractivity contribution is 0.0930. The number of halogens is 1. The number of carbonyl (C=O) groups is 1. The SMILES string of the molecule is CS(=O)(=O)N1CCc2cc(C(=O)NC3CCCNC3)ccc21.Cl. The number of fused-ring (bicyclic) bond motifs is 1. The average molecular weight is 360 g/mol. The summed E-state index contributed by atoms with van der Waals surface area (Å²) in [7, 11) is -3.25. The highest BCUT2D eigenvalue weighted by atomic mass is 35.5. The third kappa shape index (κ3) is 3.97. The van der Waals surface area contributed by atoms with Crippen molar-refractivity contribution in [2.45, 2.75) is 25.3 Å². The van der Waals surface area contributed by atoms with E-state index in [1.807, 2.05) is 6.07 Å². The fourth-order valence-corrected chi connectivity index (χ4v) is 4.06. The van der Waals surface area contributed by atoms with Crippen LogP contribution < -0.4 is 14.9 Å². The molecule has 1 amide bonds. The number of nitrogens with zero attached hydrogens (tertiary/aromatic N) is 1. The standard InChI is InChI=1S/C15H21N3O3S.ClH/c1-22(20,21)18-8-6-11-9-12(4-5-14(11)18)15(19)17-13-3-2-7-16-10-13;/h4-5,9,13,16H,2-3,6-8,10H2,1H3,(H,17,19);1H. The molecule has 1 fully saturated rings. The molecule has 6 nitrogen and oxygen atoms in total. The molecule has 8 heteroatoms. The first-order valence-corrected chi connectivity index (χ1v) is 9.42. The molecular formula is C15H22ClN3O3S. The number of anilines is 1. The first-order chi connectivity index (χ1) is 10.4. The Bertz CT molecular complexity index is 687. The van der Waals surface area contributed by atoms with Crippen LogP contribution >= 0.6 is 12.4 Å². The van der Waals surface area contributed by atoms with Crippen LogP contribution in [-0.2, 0) is 16.4 Å². The summed E-state index contributed by atoms with van der Waals surface area (Å²) in [6, 6.07) is 5.42. The molecule has 2 aliphatic heterocycles. The summed E-state index contributed by atoms with van der Waals surface area (Å²) in [6.07, 6.45) is 3.91. The largest absolute Gasteiger partial charge is 0.348 e. The van der Waals surface area contributed by atoms with Gasteiger partial charge in [-0.25, -0.2) is 8.42 Å². The summed E-state index contributed by atoms with van der Waals surface area (Å²) >= 11 is 0. The van der Waals surface area contributed by atoms with Crippen LogP contribution in [0.15, 0.2) is 18.2 Å². The van der Waals surface area contributed by atoms with Gasteiger partial charge in [0.15, 0.2) is 0 Å². The summed E-state index contributed by atoms with van der Waals surface area (Å²) in [5, 5.41) is 6.30. The Morgan fingerprint density at radius 2 is 2.17 bits per heavy atom. The van der Waals surface area contributed by atoms with Crippen molar-refractivity contribution in [2.24, 2.45) is 0 Å². The molecule has 1 atom stereocenters. The summed E-state index contributed by atoms with van der Waals surface area (Å²) in [5.41, 5.74) is 2.21. The Hall–Kier alpha value is -1.31. The molecule has 2 aliphatic rings. The van der Waals surface area contributed by atoms with Gasteiger partial charge in [0.05, 0.1) is 11.9 Å². The molecule has 0 spiro atoms. The molecule has 0 aliphatic carbocycles. The van der Waals surface area contributed by atoms with E-state index in [1.54, 1.807) is 12.1 Å². The molecule has 0 radical (unpaired) electrons. The molecule has 0 aromatic heterocycles. The van der Waals surface area contributed by atoms with Crippen molar-refractivity contribution in [3.63, 3.8) is 0 Å². The van der Waals surface area contributed by atoms with Crippen LogP contribution in [0.4, 0.5) is 5.69 Å². The topological polar surface area (TPSA) is 78.5 Å². The van der Waals surface area contributed by atoms with E-state index in [4.69, 9.17) is 0 Å². The minimum Gasteiger partial charge on any atom is -0.348 e. The zero-order valence-electron chi connectivity index (χ0n) is 13.0. The van der Waals surface area contributed by atoms with Crippen molar-refractivity contribution in [3.8, 4) is 0 Å². The summed E-state index contributed by atoms with van der Waals surface area (Å²) < 4.78 is 24.8. The molecule has 1 saturated heterocycles. The van der Waals surface area contributed by atoms with Crippen LogP contribution in [0.1, 0.15) is 28.8 Å². The minimum atomic E-state index is -3.25. The van der Waals surface area contributed by atoms with Crippen molar-refractivity contribution < 1.29 is 13.2 Å². The zero-order chi connectivity index (χ0) is 15.7. The molecule has 23 heavy (non-hydrogen) atoms. The number of rotatable bonds is 3. The summed E-state index contributed by atoms with van der Waals surface area (Å²) in [5.74, 6) is -0.0886. The van der Waals surface area contributed by atoms with E-state index in [0.29, 0.717) is 24.2 Å². The monoisotopic (exact) mass is 359 g/mol. The molecule has 0 bridgehead atoms. The van der Waals surface area contributed by atoms with Gasteiger partial charge in [0.2, 0.25) is 10.0 Å². The fourth-order valence-electron chi connectivity index (χ4n) is 3.10. The fraction of sp³-hybridized carbons (Fsp3) is 0.533. The Kier molecular flexibility index (Phi) is 5.54. The Morgan fingerprint density at radius 1 is 1.39 bits per heavy atom. The number of nitrogens with one attached hydrogen (secondary N) is 2. The lowest BCUT2D eigenvalue weighted by Gasteiger charge is -2.24. The molecule has 1 unspecified atom stereocenters. The number of carbonyl (C=O) groups excluding carboxylic acids is 1. The average Bonchev–Trinajstić information content (AvgIpc) is 2.91. The molecule has 128 valence electrons. The van der Waals surface area contributed by atoms with E-state index in [2.05, 4.69) is 10.6 Å². The number of hydrogen-bond acceptors (Lipinski definition) is 4. The molecule has 0 saturated carbocycles. The highest BCUT2D eigenvalue weighted by molar-refractivity contribution is 7.92. The van der Waals surface area contributed by atoms with Crippen LogP contribution in [-0.4, -0.2) is 46.3 Å². The van der Waals surface area contributed by atoms with Gasteiger partial charge in [0, 0.05) is 24.7 Å². The van der Waals surface area contributed by atoms with Gasteiger partial charge < -0.3 is 10.6 Å². The molecule has 3 rings (SSSR count). The van der Waals surface area contributed by atoms with Crippen molar-refractivity contribution >= 4 is 34.0 Å². The normalized spacial score (nSPS) is 20.6. The van der Waals surface area contributed by atoms with Crippen molar-refractivity contribution in [1.29, 1.82) is 0 Å². The van der Waals surface area contributed by atoms with Crippen LogP contribution in [0.5, 0.6) is 0 Å². The third-order valence-electron chi connectivity index (χ3n) is 4.23. The maximum Gasteiger partial charge on any atom is 0.251 e. The van der Waals surface area contributed by atoms with Gasteiger partial charge in [-0.15, -0.1) is 12.4 Å².